The zero-order valence-corrected chi connectivity index (χ0v) is 12.4. The molecule has 0 spiro atoms. The predicted molar refractivity (Wildman–Crippen MR) is 79.2 cm³/mol. The molecule has 1 atom stereocenters. The third kappa shape index (κ3) is 3.94. The van der Waals surface area contributed by atoms with Crippen LogP contribution in [0.25, 0.3) is 0 Å². The fourth-order valence-corrected chi connectivity index (χ4v) is 1.80. The number of nitrogens with two attached hydrogens (primary N) is 2. The molecular weight excluding hydrogens is 258 g/mol. The normalized spacial score (nSPS) is 12.2. The van der Waals surface area contributed by atoms with Gasteiger partial charge in [0, 0.05) is 13.1 Å². The van der Waals surface area contributed by atoms with Gasteiger partial charge in [-0.1, -0.05) is 13.8 Å². The Morgan fingerprint density at radius 2 is 1.85 bits per heavy atom. The Morgan fingerprint density at radius 3 is 2.30 bits per heavy atom. The molecule has 1 amide bonds. The lowest BCUT2D eigenvalue weighted by Crippen LogP contribution is -2.40. The molecule has 1 aromatic rings. The zero-order chi connectivity index (χ0) is 15.3. The van der Waals surface area contributed by atoms with Crippen molar-refractivity contribution < 1.29 is 4.79 Å². The number of hydrogen-bond acceptors (Lipinski definition) is 7. The second-order valence-electron chi connectivity index (χ2n) is 4.76. The van der Waals surface area contributed by atoms with E-state index >= 15 is 0 Å². The lowest BCUT2D eigenvalue weighted by atomic mass is 10.0. The van der Waals surface area contributed by atoms with Crippen LogP contribution in [0.2, 0.25) is 0 Å². The monoisotopic (exact) mass is 281 g/mol. The van der Waals surface area contributed by atoms with Gasteiger partial charge in [-0.25, -0.2) is 0 Å². The number of aromatic nitrogens is 3. The average Bonchev–Trinajstić information content (AvgIpc) is 2.36. The van der Waals surface area contributed by atoms with Gasteiger partial charge in [0.2, 0.25) is 23.8 Å². The molecule has 8 nitrogen and oxygen atoms in total. The van der Waals surface area contributed by atoms with E-state index in [1.165, 1.54) is 0 Å². The van der Waals surface area contributed by atoms with E-state index in [1.54, 1.807) is 0 Å². The van der Waals surface area contributed by atoms with Crippen LogP contribution in [0.3, 0.4) is 0 Å². The van der Waals surface area contributed by atoms with Crippen LogP contribution in [0.4, 0.5) is 17.8 Å². The van der Waals surface area contributed by atoms with Gasteiger partial charge in [-0.2, -0.15) is 15.0 Å². The van der Waals surface area contributed by atoms with Crippen LogP contribution < -0.4 is 21.7 Å². The first kappa shape index (κ1) is 15.9. The molecule has 0 aliphatic carbocycles. The number of amides is 1. The van der Waals surface area contributed by atoms with E-state index in [-0.39, 0.29) is 17.8 Å². The van der Waals surface area contributed by atoms with Gasteiger partial charge in [0.15, 0.2) is 0 Å². The number of carbonyl (C=O) groups is 1. The summed E-state index contributed by atoms with van der Waals surface area (Å²) in [5, 5.41) is 2.92. The van der Waals surface area contributed by atoms with Crippen molar-refractivity contribution in [3.05, 3.63) is 0 Å². The number of rotatable bonds is 7. The Morgan fingerprint density at radius 1 is 1.25 bits per heavy atom. The Bertz CT molecular complexity index is 459. The molecule has 1 unspecified atom stereocenters. The zero-order valence-electron chi connectivity index (χ0n) is 12.4. The molecular formula is C12H23N7O. The van der Waals surface area contributed by atoms with Gasteiger partial charge in [0.05, 0.1) is 0 Å². The Hall–Kier alpha value is -2.12. The largest absolute Gasteiger partial charge is 0.368 e. The van der Waals surface area contributed by atoms with E-state index in [9.17, 15) is 4.79 Å². The molecule has 0 aliphatic heterocycles. The lowest BCUT2D eigenvalue weighted by molar-refractivity contribution is -0.119. The molecule has 112 valence electrons. The molecule has 0 saturated carbocycles. The van der Waals surface area contributed by atoms with Crippen LogP contribution >= 0.6 is 0 Å². The van der Waals surface area contributed by atoms with Crippen LogP contribution in [0, 0.1) is 5.92 Å². The SMILES string of the molecule is CCN(CC)c1nc(N)nc(NC(C(N)=O)C(C)C)n1. The number of carbonyl (C=O) groups excluding carboxylic acids is 1. The van der Waals surface area contributed by atoms with E-state index in [4.69, 9.17) is 11.5 Å². The number of hydrogen-bond donors (Lipinski definition) is 3. The summed E-state index contributed by atoms with van der Waals surface area (Å²) in [5.74, 6) is 0.413. The van der Waals surface area contributed by atoms with E-state index in [0.717, 1.165) is 13.1 Å². The molecule has 0 radical (unpaired) electrons. The summed E-state index contributed by atoms with van der Waals surface area (Å²) in [6.45, 7) is 9.27. The number of nitrogens with one attached hydrogen (secondary N) is 1. The summed E-state index contributed by atoms with van der Waals surface area (Å²) in [7, 11) is 0. The molecule has 1 aromatic heterocycles. The van der Waals surface area contributed by atoms with Gasteiger partial charge in [-0.15, -0.1) is 0 Å². The van der Waals surface area contributed by atoms with E-state index < -0.39 is 11.9 Å². The van der Waals surface area contributed by atoms with Gasteiger partial charge in [-0.3, -0.25) is 4.79 Å². The molecule has 0 bridgehead atoms. The first-order valence-electron chi connectivity index (χ1n) is 6.71. The summed E-state index contributed by atoms with van der Waals surface area (Å²) in [4.78, 5) is 25.7. The van der Waals surface area contributed by atoms with Crippen molar-refractivity contribution in [2.45, 2.75) is 33.7 Å². The first-order valence-corrected chi connectivity index (χ1v) is 6.71. The summed E-state index contributed by atoms with van der Waals surface area (Å²) in [5.41, 5.74) is 11.0. The molecule has 0 saturated heterocycles. The van der Waals surface area contributed by atoms with Crippen molar-refractivity contribution in [3.8, 4) is 0 Å². The van der Waals surface area contributed by atoms with Crippen molar-refractivity contribution in [2.75, 3.05) is 29.0 Å². The van der Waals surface area contributed by atoms with E-state index in [0.29, 0.717) is 5.95 Å². The third-order valence-corrected chi connectivity index (χ3v) is 2.94. The maximum absolute atomic E-state index is 11.4. The predicted octanol–water partition coefficient (Wildman–Crippen LogP) is 0.222. The second-order valence-corrected chi connectivity index (χ2v) is 4.76. The Labute approximate surface area is 119 Å². The standard InChI is InChI=1S/C12H23N7O/c1-5-19(6-2)12-17-10(14)16-11(18-12)15-8(7(3)4)9(13)20/h7-8H,5-6H2,1-4H3,(H2,13,20)(H3,14,15,16,17,18). The van der Waals surface area contributed by atoms with Crippen LogP contribution in [0.15, 0.2) is 0 Å². The highest BCUT2D eigenvalue weighted by Crippen LogP contribution is 2.14. The fourth-order valence-electron chi connectivity index (χ4n) is 1.80. The van der Waals surface area contributed by atoms with Gasteiger partial charge in [-0.05, 0) is 19.8 Å². The topological polar surface area (TPSA) is 123 Å². The van der Waals surface area contributed by atoms with Crippen molar-refractivity contribution in [3.63, 3.8) is 0 Å². The number of nitrogens with zero attached hydrogens (tertiary/aromatic N) is 4. The molecule has 1 rings (SSSR count). The minimum atomic E-state index is -0.554. The molecule has 20 heavy (non-hydrogen) atoms. The van der Waals surface area contributed by atoms with Crippen molar-refractivity contribution >= 4 is 23.8 Å². The molecule has 8 heteroatoms. The molecule has 1 heterocycles. The highest BCUT2D eigenvalue weighted by molar-refractivity contribution is 5.82. The molecule has 0 aliphatic rings. The summed E-state index contributed by atoms with van der Waals surface area (Å²) >= 11 is 0. The number of primary amides is 1. The first-order chi connectivity index (χ1) is 9.38. The van der Waals surface area contributed by atoms with Crippen LogP contribution in [0.1, 0.15) is 27.7 Å². The van der Waals surface area contributed by atoms with Crippen LogP contribution in [0.5, 0.6) is 0 Å². The van der Waals surface area contributed by atoms with E-state index in [1.807, 2.05) is 32.6 Å². The second kappa shape index (κ2) is 6.88. The highest BCUT2D eigenvalue weighted by Gasteiger charge is 2.21. The molecule has 0 fully saturated rings. The van der Waals surface area contributed by atoms with Crippen LogP contribution in [-0.4, -0.2) is 40.0 Å². The molecule has 0 aromatic carbocycles. The maximum atomic E-state index is 11.4. The average molecular weight is 281 g/mol. The van der Waals surface area contributed by atoms with Crippen molar-refractivity contribution in [1.82, 2.24) is 15.0 Å². The Balaban J connectivity index is 3.03. The number of anilines is 3. The highest BCUT2D eigenvalue weighted by atomic mass is 16.1. The maximum Gasteiger partial charge on any atom is 0.240 e. The minimum absolute atomic E-state index is 0.0161. The lowest BCUT2D eigenvalue weighted by Gasteiger charge is -2.21. The molecule has 5 N–H and O–H groups in total. The summed E-state index contributed by atoms with van der Waals surface area (Å²) in [6, 6.07) is -0.554. The smallest absolute Gasteiger partial charge is 0.240 e. The van der Waals surface area contributed by atoms with Gasteiger partial charge in [0.1, 0.15) is 6.04 Å². The van der Waals surface area contributed by atoms with Crippen molar-refractivity contribution in [1.29, 1.82) is 0 Å². The third-order valence-electron chi connectivity index (χ3n) is 2.94. The van der Waals surface area contributed by atoms with Gasteiger partial charge >= 0.3 is 0 Å². The summed E-state index contributed by atoms with van der Waals surface area (Å²) in [6.07, 6.45) is 0. The van der Waals surface area contributed by atoms with Crippen LogP contribution in [-0.2, 0) is 4.79 Å². The fraction of sp³-hybridized carbons (Fsp3) is 0.667. The Kier molecular flexibility index (Phi) is 5.48. The quantitative estimate of drug-likeness (QED) is 0.653. The summed E-state index contributed by atoms with van der Waals surface area (Å²) < 4.78 is 0. The minimum Gasteiger partial charge on any atom is -0.368 e. The van der Waals surface area contributed by atoms with Gasteiger partial charge < -0.3 is 21.7 Å². The van der Waals surface area contributed by atoms with E-state index in [2.05, 4.69) is 20.3 Å². The number of nitrogen functional groups attached to an aromatic ring is 1. The van der Waals surface area contributed by atoms with Crippen molar-refractivity contribution in [2.24, 2.45) is 11.7 Å². The van der Waals surface area contributed by atoms with Gasteiger partial charge in [0.25, 0.3) is 0 Å².